The summed E-state index contributed by atoms with van der Waals surface area (Å²) in [6.45, 7) is 8.13. The van der Waals surface area contributed by atoms with Crippen LogP contribution in [0, 0.1) is 0 Å². The first-order valence-corrected chi connectivity index (χ1v) is 6.11. The molecule has 0 saturated heterocycles. The number of carboxylic acid groups (broad SMARTS) is 1. The molecule has 0 aliphatic rings. The van der Waals surface area contributed by atoms with Crippen LogP contribution in [-0.4, -0.2) is 35.1 Å². The van der Waals surface area contributed by atoms with Gasteiger partial charge in [-0.1, -0.05) is 33.6 Å². The van der Waals surface area contributed by atoms with Gasteiger partial charge in [0.15, 0.2) is 0 Å². The molecule has 3 nitrogen and oxygen atoms in total. The average molecular weight is 215 g/mol. The largest absolute Gasteiger partial charge is 0.481 e. The topological polar surface area (TPSA) is 40.5 Å². The van der Waals surface area contributed by atoms with Crippen molar-refractivity contribution < 1.29 is 9.90 Å². The van der Waals surface area contributed by atoms with Gasteiger partial charge in [-0.15, -0.1) is 0 Å². The summed E-state index contributed by atoms with van der Waals surface area (Å²) in [5.74, 6) is -0.696. The highest BCUT2D eigenvalue weighted by Crippen LogP contribution is 2.12. The predicted molar refractivity (Wildman–Crippen MR) is 63.1 cm³/mol. The van der Waals surface area contributed by atoms with Crippen molar-refractivity contribution in [2.75, 3.05) is 13.1 Å². The highest BCUT2D eigenvalue weighted by atomic mass is 16.4. The van der Waals surface area contributed by atoms with Crippen LogP contribution in [0.15, 0.2) is 0 Å². The van der Waals surface area contributed by atoms with E-state index < -0.39 is 5.97 Å². The summed E-state index contributed by atoms with van der Waals surface area (Å²) in [5, 5.41) is 8.66. The Morgan fingerprint density at radius 3 is 2.40 bits per heavy atom. The first-order chi connectivity index (χ1) is 7.15. The minimum atomic E-state index is -0.696. The van der Waals surface area contributed by atoms with E-state index in [-0.39, 0.29) is 6.42 Å². The molecule has 0 aromatic rings. The van der Waals surface area contributed by atoms with Gasteiger partial charge in [-0.2, -0.15) is 0 Å². The maximum absolute atomic E-state index is 10.5. The minimum Gasteiger partial charge on any atom is -0.481 e. The van der Waals surface area contributed by atoms with Crippen molar-refractivity contribution in [3.63, 3.8) is 0 Å². The highest BCUT2D eigenvalue weighted by Gasteiger charge is 2.15. The Kier molecular flexibility index (Phi) is 8.38. The molecule has 0 rings (SSSR count). The normalized spacial score (nSPS) is 13.1. The summed E-state index contributed by atoms with van der Waals surface area (Å²) >= 11 is 0. The first kappa shape index (κ1) is 14.4. The lowest BCUT2D eigenvalue weighted by molar-refractivity contribution is -0.137. The summed E-state index contributed by atoms with van der Waals surface area (Å²) in [7, 11) is 0. The Balaban J connectivity index is 4.01. The molecule has 3 heteroatoms. The highest BCUT2D eigenvalue weighted by molar-refractivity contribution is 5.66. The lowest BCUT2D eigenvalue weighted by atomic mass is 10.1. The molecule has 0 aromatic heterocycles. The molecule has 0 spiro atoms. The van der Waals surface area contributed by atoms with E-state index in [1.54, 1.807) is 0 Å². The second kappa shape index (κ2) is 8.72. The minimum absolute atomic E-state index is 0.260. The van der Waals surface area contributed by atoms with Gasteiger partial charge in [-0.25, -0.2) is 0 Å². The summed E-state index contributed by atoms with van der Waals surface area (Å²) in [5.41, 5.74) is 0. The van der Waals surface area contributed by atoms with Crippen molar-refractivity contribution in [2.24, 2.45) is 0 Å². The zero-order chi connectivity index (χ0) is 11.7. The molecule has 0 heterocycles. The molecule has 90 valence electrons. The van der Waals surface area contributed by atoms with Crippen LogP contribution in [0.25, 0.3) is 0 Å². The van der Waals surface area contributed by atoms with Gasteiger partial charge in [-0.3, -0.25) is 4.79 Å². The smallest absolute Gasteiger partial charge is 0.304 e. The van der Waals surface area contributed by atoms with Crippen LogP contribution in [0.2, 0.25) is 0 Å². The SMILES string of the molecule is CCCCC(CC)N(CC)CCC(=O)O. The number of rotatable bonds is 9. The number of unbranched alkanes of at least 4 members (excludes halogenated alkanes) is 1. The maximum atomic E-state index is 10.5. The number of hydrogen-bond donors (Lipinski definition) is 1. The Morgan fingerprint density at radius 1 is 1.33 bits per heavy atom. The van der Waals surface area contributed by atoms with Crippen molar-refractivity contribution in [1.29, 1.82) is 0 Å². The lowest BCUT2D eigenvalue weighted by Gasteiger charge is -2.29. The van der Waals surface area contributed by atoms with Gasteiger partial charge < -0.3 is 10.0 Å². The molecule has 15 heavy (non-hydrogen) atoms. The van der Waals surface area contributed by atoms with Crippen LogP contribution in [0.3, 0.4) is 0 Å². The number of carboxylic acids is 1. The molecule has 0 aliphatic heterocycles. The molecular formula is C12H25NO2. The quantitative estimate of drug-likeness (QED) is 0.643. The van der Waals surface area contributed by atoms with E-state index in [1.165, 1.54) is 19.3 Å². The van der Waals surface area contributed by atoms with E-state index in [2.05, 4.69) is 25.7 Å². The van der Waals surface area contributed by atoms with Crippen LogP contribution in [-0.2, 0) is 4.79 Å². The first-order valence-electron chi connectivity index (χ1n) is 6.11. The van der Waals surface area contributed by atoms with Crippen molar-refractivity contribution >= 4 is 5.97 Å². The molecule has 1 unspecified atom stereocenters. The Bertz CT molecular complexity index is 171. The molecule has 0 bridgehead atoms. The van der Waals surface area contributed by atoms with Gasteiger partial charge in [0.2, 0.25) is 0 Å². The van der Waals surface area contributed by atoms with E-state index in [0.717, 1.165) is 13.0 Å². The molecule has 0 aromatic carbocycles. The third-order valence-electron chi connectivity index (χ3n) is 2.90. The van der Waals surface area contributed by atoms with Crippen LogP contribution in [0.1, 0.15) is 52.9 Å². The van der Waals surface area contributed by atoms with Gasteiger partial charge in [0.25, 0.3) is 0 Å². The second-order valence-electron chi connectivity index (χ2n) is 3.98. The molecule has 0 fully saturated rings. The van der Waals surface area contributed by atoms with Gasteiger partial charge in [0, 0.05) is 12.6 Å². The zero-order valence-electron chi connectivity index (χ0n) is 10.3. The van der Waals surface area contributed by atoms with E-state index >= 15 is 0 Å². The van der Waals surface area contributed by atoms with Crippen molar-refractivity contribution in [3.05, 3.63) is 0 Å². The molecule has 0 aliphatic carbocycles. The Morgan fingerprint density at radius 2 is 2.00 bits per heavy atom. The zero-order valence-corrected chi connectivity index (χ0v) is 10.3. The fraction of sp³-hybridized carbons (Fsp3) is 0.917. The van der Waals surface area contributed by atoms with Gasteiger partial charge >= 0.3 is 5.97 Å². The molecule has 1 atom stereocenters. The molecule has 0 radical (unpaired) electrons. The predicted octanol–water partition coefficient (Wildman–Crippen LogP) is 2.75. The molecular weight excluding hydrogens is 190 g/mol. The van der Waals surface area contributed by atoms with Gasteiger partial charge in [0.05, 0.1) is 6.42 Å². The van der Waals surface area contributed by atoms with Gasteiger partial charge in [-0.05, 0) is 19.4 Å². The standard InChI is InChI=1S/C12H25NO2/c1-4-7-8-11(5-2)13(6-3)10-9-12(14)15/h11H,4-10H2,1-3H3,(H,14,15). The molecule has 0 saturated carbocycles. The van der Waals surface area contributed by atoms with E-state index in [1.807, 2.05) is 0 Å². The second-order valence-corrected chi connectivity index (χ2v) is 3.98. The molecule has 0 amide bonds. The number of nitrogens with zero attached hydrogens (tertiary/aromatic N) is 1. The van der Waals surface area contributed by atoms with E-state index in [4.69, 9.17) is 5.11 Å². The number of carbonyl (C=O) groups is 1. The van der Waals surface area contributed by atoms with Crippen molar-refractivity contribution in [2.45, 2.75) is 58.9 Å². The Hall–Kier alpha value is -0.570. The molecule has 1 N–H and O–H groups in total. The van der Waals surface area contributed by atoms with Crippen LogP contribution in [0.4, 0.5) is 0 Å². The monoisotopic (exact) mass is 215 g/mol. The van der Waals surface area contributed by atoms with Crippen LogP contribution < -0.4 is 0 Å². The van der Waals surface area contributed by atoms with E-state index in [9.17, 15) is 4.79 Å². The maximum Gasteiger partial charge on any atom is 0.304 e. The van der Waals surface area contributed by atoms with E-state index in [0.29, 0.717) is 12.6 Å². The number of aliphatic carboxylic acids is 1. The fourth-order valence-electron chi connectivity index (χ4n) is 1.92. The lowest BCUT2D eigenvalue weighted by Crippen LogP contribution is -2.36. The van der Waals surface area contributed by atoms with Crippen molar-refractivity contribution in [1.82, 2.24) is 4.90 Å². The van der Waals surface area contributed by atoms with Gasteiger partial charge in [0.1, 0.15) is 0 Å². The summed E-state index contributed by atoms with van der Waals surface area (Å²) in [4.78, 5) is 12.8. The number of hydrogen-bond acceptors (Lipinski definition) is 2. The summed E-state index contributed by atoms with van der Waals surface area (Å²) in [6.07, 6.45) is 5.03. The average Bonchev–Trinajstić information content (AvgIpc) is 2.22. The fourth-order valence-corrected chi connectivity index (χ4v) is 1.92. The third kappa shape index (κ3) is 6.50. The van der Waals surface area contributed by atoms with Crippen LogP contribution >= 0.6 is 0 Å². The summed E-state index contributed by atoms with van der Waals surface area (Å²) < 4.78 is 0. The third-order valence-corrected chi connectivity index (χ3v) is 2.90. The Labute approximate surface area is 93.5 Å². The van der Waals surface area contributed by atoms with Crippen LogP contribution in [0.5, 0.6) is 0 Å². The summed E-state index contributed by atoms with van der Waals surface area (Å²) in [6, 6.07) is 0.564. The van der Waals surface area contributed by atoms with Crippen molar-refractivity contribution in [3.8, 4) is 0 Å².